The van der Waals surface area contributed by atoms with E-state index in [1.165, 1.54) is 70.9 Å². The third-order valence-corrected chi connectivity index (χ3v) is 7.69. The summed E-state index contributed by atoms with van der Waals surface area (Å²) in [5.41, 5.74) is 10.9. The molecule has 1 aliphatic heterocycles. The largest absolute Gasteiger partial charge is 0.399 e. The lowest BCUT2D eigenvalue weighted by Crippen LogP contribution is -2.61. The molecule has 0 spiro atoms. The Balaban J connectivity index is 1.54. The number of nitrogen functional groups attached to an aromatic ring is 1. The Hall–Kier alpha value is -1.02. The fourth-order valence-electron chi connectivity index (χ4n) is 6.34. The van der Waals surface area contributed by atoms with Gasteiger partial charge in [-0.1, -0.05) is 25.3 Å². The molecule has 1 aromatic carbocycles. The highest BCUT2D eigenvalue weighted by Crippen LogP contribution is 2.56. The third kappa shape index (κ3) is 2.10. The predicted octanol–water partition coefficient (Wildman–Crippen LogP) is 4.13. The lowest BCUT2D eigenvalue weighted by atomic mass is 9.52. The van der Waals surface area contributed by atoms with Crippen LogP contribution in [-0.2, 0) is 11.8 Å². The van der Waals surface area contributed by atoms with Gasteiger partial charge in [0.2, 0.25) is 0 Å². The van der Waals surface area contributed by atoms with E-state index in [0.29, 0.717) is 5.41 Å². The van der Waals surface area contributed by atoms with Gasteiger partial charge in [0.1, 0.15) is 0 Å². The minimum absolute atomic E-state index is 0.460. The summed E-state index contributed by atoms with van der Waals surface area (Å²) in [6, 6.07) is 7.62. The maximum Gasteiger partial charge on any atom is 0.0317 e. The van der Waals surface area contributed by atoms with E-state index in [4.69, 9.17) is 5.73 Å². The molecule has 2 N–H and O–H groups in total. The number of nitrogens with two attached hydrogens (primary N) is 1. The van der Waals surface area contributed by atoms with Crippen LogP contribution in [0, 0.1) is 11.8 Å². The molecule has 1 heterocycles. The summed E-state index contributed by atoms with van der Waals surface area (Å²) in [5, 5.41) is 0. The quantitative estimate of drug-likeness (QED) is 0.832. The molecule has 0 radical (unpaired) electrons. The average Bonchev–Trinajstić information content (AvgIpc) is 2.53. The van der Waals surface area contributed by atoms with Crippen molar-refractivity contribution in [1.29, 1.82) is 0 Å². The zero-order valence-corrected chi connectivity index (χ0v) is 14.3. The molecule has 3 fully saturated rings. The van der Waals surface area contributed by atoms with Crippen LogP contribution in [0.4, 0.5) is 5.69 Å². The fraction of sp³-hybridized carbons (Fsp3) is 0.714. The van der Waals surface area contributed by atoms with Gasteiger partial charge < -0.3 is 5.73 Å². The highest BCUT2D eigenvalue weighted by molar-refractivity contribution is 5.51. The highest BCUT2D eigenvalue weighted by Gasteiger charge is 2.53. The summed E-state index contributed by atoms with van der Waals surface area (Å²) >= 11 is 0. The topological polar surface area (TPSA) is 29.3 Å². The summed E-state index contributed by atoms with van der Waals surface area (Å²) in [7, 11) is 0. The number of likely N-dealkylation sites (tertiary alicyclic amines) is 1. The SMILES string of the molecule is Nc1ccc2c(c1)C13CCCCC1C(C2)N(CC1CCC1)CC3. The van der Waals surface area contributed by atoms with Gasteiger partial charge in [-0.3, -0.25) is 4.90 Å². The van der Waals surface area contributed by atoms with Gasteiger partial charge in [-0.05, 0) is 80.2 Å². The molecule has 2 nitrogen and oxygen atoms in total. The van der Waals surface area contributed by atoms with E-state index in [-0.39, 0.29) is 0 Å². The van der Waals surface area contributed by atoms with Crippen LogP contribution in [0.1, 0.15) is 62.5 Å². The molecule has 4 aliphatic rings. The van der Waals surface area contributed by atoms with E-state index < -0.39 is 0 Å². The third-order valence-electron chi connectivity index (χ3n) is 7.69. The Labute approximate surface area is 140 Å². The first-order valence-electron chi connectivity index (χ1n) is 9.89. The highest BCUT2D eigenvalue weighted by atomic mass is 15.2. The van der Waals surface area contributed by atoms with Crippen molar-refractivity contribution in [2.24, 2.45) is 11.8 Å². The van der Waals surface area contributed by atoms with Gasteiger partial charge in [0.05, 0.1) is 0 Å². The number of nitrogens with zero attached hydrogens (tertiary/aromatic N) is 1. The number of hydrogen-bond donors (Lipinski definition) is 1. The predicted molar refractivity (Wildman–Crippen MR) is 95.5 cm³/mol. The summed E-state index contributed by atoms with van der Waals surface area (Å²) < 4.78 is 0. The molecule has 0 aromatic heterocycles. The lowest BCUT2D eigenvalue weighted by molar-refractivity contribution is -0.0239. The summed E-state index contributed by atoms with van der Waals surface area (Å²) in [6.45, 7) is 2.70. The van der Waals surface area contributed by atoms with Gasteiger partial charge >= 0.3 is 0 Å². The Morgan fingerprint density at radius 1 is 1.09 bits per heavy atom. The first-order valence-corrected chi connectivity index (χ1v) is 9.89. The van der Waals surface area contributed by atoms with Crippen molar-refractivity contribution in [3.05, 3.63) is 29.3 Å². The smallest absolute Gasteiger partial charge is 0.0317 e. The van der Waals surface area contributed by atoms with Crippen molar-refractivity contribution in [3.8, 4) is 0 Å². The van der Waals surface area contributed by atoms with Crippen LogP contribution in [0.15, 0.2) is 18.2 Å². The minimum Gasteiger partial charge on any atom is -0.399 e. The maximum absolute atomic E-state index is 6.18. The first kappa shape index (κ1) is 14.3. The maximum atomic E-state index is 6.18. The number of anilines is 1. The molecule has 3 aliphatic carbocycles. The Morgan fingerprint density at radius 3 is 2.83 bits per heavy atom. The molecule has 124 valence electrons. The number of benzene rings is 1. The standard InChI is InChI=1S/C21H30N2/c22-17-8-7-16-12-20-18-6-1-2-9-21(18,19(16)13-17)10-11-23(20)14-15-4-3-5-15/h7-8,13,15,18,20H,1-6,9-12,14,22H2. The van der Waals surface area contributed by atoms with E-state index in [2.05, 4.69) is 23.1 Å². The Morgan fingerprint density at radius 2 is 2.00 bits per heavy atom. The zero-order chi connectivity index (χ0) is 15.4. The molecule has 2 heteroatoms. The number of rotatable bonds is 2. The van der Waals surface area contributed by atoms with Crippen LogP contribution >= 0.6 is 0 Å². The molecule has 2 bridgehead atoms. The summed E-state index contributed by atoms with van der Waals surface area (Å²) in [5.74, 6) is 1.89. The molecule has 3 atom stereocenters. The average molecular weight is 310 g/mol. The number of hydrogen-bond acceptors (Lipinski definition) is 2. The van der Waals surface area contributed by atoms with E-state index in [9.17, 15) is 0 Å². The van der Waals surface area contributed by atoms with Gasteiger partial charge in [-0.25, -0.2) is 0 Å². The van der Waals surface area contributed by atoms with Crippen LogP contribution < -0.4 is 5.73 Å². The molecule has 5 rings (SSSR count). The van der Waals surface area contributed by atoms with Gasteiger partial charge in [-0.2, -0.15) is 0 Å². The van der Waals surface area contributed by atoms with Crippen molar-refractivity contribution in [2.75, 3.05) is 18.8 Å². The van der Waals surface area contributed by atoms with Crippen LogP contribution in [0.2, 0.25) is 0 Å². The zero-order valence-electron chi connectivity index (χ0n) is 14.3. The van der Waals surface area contributed by atoms with Crippen molar-refractivity contribution >= 4 is 5.69 Å². The van der Waals surface area contributed by atoms with Crippen LogP contribution in [-0.4, -0.2) is 24.0 Å². The lowest BCUT2D eigenvalue weighted by Gasteiger charge is -2.59. The van der Waals surface area contributed by atoms with Gasteiger partial charge in [0, 0.05) is 23.7 Å². The van der Waals surface area contributed by atoms with Crippen molar-refractivity contribution in [3.63, 3.8) is 0 Å². The van der Waals surface area contributed by atoms with Crippen LogP contribution in [0.3, 0.4) is 0 Å². The second-order valence-electron chi connectivity index (χ2n) is 8.74. The summed E-state index contributed by atoms with van der Waals surface area (Å²) in [6.07, 6.45) is 12.8. The normalized spacial score (nSPS) is 36.9. The molecule has 1 aromatic rings. The van der Waals surface area contributed by atoms with Crippen molar-refractivity contribution in [2.45, 2.75) is 69.2 Å². The molecule has 2 saturated carbocycles. The Bertz CT molecular complexity index is 606. The van der Waals surface area contributed by atoms with E-state index in [0.717, 1.165) is 23.6 Å². The van der Waals surface area contributed by atoms with Gasteiger partial charge in [0.15, 0.2) is 0 Å². The second kappa shape index (κ2) is 5.24. The Kier molecular flexibility index (Phi) is 3.27. The summed E-state index contributed by atoms with van der Waals surface area (Å²) in [4.78, 5) is 2.90. The van der Waals surface area contributed by atoms with Gasteiger partial charge in [-0.15, -0.1) is 0 Å². The van der Waals surface area contributed by atoms with Crippen molar-refractivity contribution < 1.29 is 0 Å². The molecule has 3 unspecified atom stereocenters. The van der Waals surface area contributed by atoms with Gasteiger partial charge in [0.25, 0.3) is 0 Å². The monoisotopic (exact) mass is 310 g/mol. The molecular weight excluding hydrogens is 280 g/mol. The fourth-order valence-corrected chi connectivity index (χ4v) is 6.34. The van der Waals surface area contributed by atoms with Crippen LogP contribution in [0.25, 0.3) is 0 Å². The minimum atomic E-state index is 0.460. The number of fused-ring (bicyclic) bond motifs is 1. The van der Waals surface area contributed by atoms with E-state index >= 15 is 0 Å². The molecular formula is C21H30N2. The molecule has 1 saturated heterocycles. The van der Waals surface area contributed by atoms with Crippen molar-refractivity contribution in [1.82, 2.24) is 4.90 Å². The second-order valence-corrected chi connectivity index (χ2v) is 8.74. The van der Waals surface area contributed by atoms with Crippen LogP contribution in [0.5, 0.6) is 0 Å². The first-order chi connectivity index (χ1) is 11.3. The molecule has 23 heavy (non-hydrogen) atoms. The van der Waals surface area contributed by atoms with E-state index in [1.54, 1.807) is 11.1 Å². The van der Waals surface area contributed by atoms with E-state index in [1.807, 2.05) is 0 Å². The number of piperidine rings is 1. The molecule has 0 amide bonds.